The Morgan fingerprint density at radius 2 is 2.00 bits per heavy atom. The van der Waals surface area contributed by atoms with Crippen molar-refractivity contribution in [3.8, 4) is 0 Å². The summed E-state index contributed by atoms with van der Waals surface area (Å²) in [6, 6.07) is 6.53. The van der Waals surface area contributed by atoms with E-state index in [0.717, 1.165) is 6.54 Å². The molecule has 0 saturated carbocycles. The number of hydrogen-bond acceptors (Lipinski definition) is 1. The first-order chi connectivity index (χ1) is 8.15. The van der Waals surface area contributed by atoms with Gasteiger partial charge in [-0.05, 0) is 37.5 Å². The van der Waals surface area contributed by atoms with Gasteiger partial charge in [-0.25, -0.2) is 4.98 Å². The van der Waals surface area contributed by atoms with Gasteiger partial charge in [0.15, 0.2) is 0 Å². The number of nitrogens with zero attached hydrogens (tertiary/aromatic N) is 2. The minimum atomic E-state index is 0. The molecule has 0 saturated heterocycles. The molecule has 98 valence electrons. The Balaban J connectivity index is 0.00000162. The minimum absolute atomic E-state index is 0. The van der Waals surface area contributed by atoms with Crippen molar-refractivity contribution in [3.63, 3.8) is 0 Å². The van der Waals surface area contributed by atoms with Crippen molar-refractivity contribution in [2.45, 2.75) is 40.2 Å². The van der Waals surface area contributed by atoms with E-state index in [4.69, 9.17) is 0 Å². The smallest absolute Gasteiger partial charge is 0.0948 e. The minimum Gasteiger partial charge on any atom is -0.334 e. The van der Waals surface area contributed by atoms with Crippen LogP contribution < -0.4 is 0 Å². The lowest BCUT2D eigenvalue weighted by atomic mass is 9.91. The molecule has 3 heteroatoms. The first-order valence-electron chi connectivity index (χ1n) is 6.21. The summed E-state index contributed by atoms with van der Waals surface area (Å²) in [5.74, 6) is 0.400. The Hall–Kier alpha value is -1.28. The molecule has 0 N–H and O–H groups in total. The van der Waals surface area contributed by atoms with Crippen LogP contribution in [0.5, 0.6) is 0 Å². The van der Waals surface area contributed by atoms with Crippen molar-refractivity contribution < 1.29 is 0 Å². The summed E-state index contributed by atoms with van der Waals surface area (Å²) in [5, 5.41) is 0. The third-order valence-corrected chi connectivity index (χ3v) is 3.64. The van der Waals surface area contributed by atoms with E-state index in [1.54, 1.807) is 0 Å². The molecule has 1 heterocycles. The predicted octanol–water partition coefficient (Wildman–Crippen LogP) is 4.09. The van der Waals surface area contributed by atoms with Crippen LogP contribution in [-0.4, -0.2) is 9.55 Å². The standard InChI is InChI=1S/C15H20N2.ClH/c1-5-17-10-16-9-15(17)13(4)14-8-6-7-11(2)12(14)3;/h6-10,13H,5H2,1-4H3;1H. The maximum absolute atomic E-state index is 4.25. The zero-order valence-corrected chi connectivity index (χ0v) is 12.3. The second-order valence-corrected chi connectivity index (χ2v) is 4.62. The Bertz CT molecular complexity index is 517. The molecule has 0 bridgehead atoms. The predicted molar refractivity (Wildman–Crippen MR) is 78.6 cm³/mol. The van der Waals surface area contributed by atoms with Crippen molar-refractivity contribution in [3.05, 3.63) is 53.1 Å². The number of aryl methyl sites for hydroxylation is 2. The van der Waals surface area contributed by atoms with E-state index in [9.17, 15) is 0 Å². The van der Waals surface area contributed by atoms with E-state index >= 15 is 0 Å². The summed E-state index contributed by atoms with van der Waals surface area (Å²) >= 11 is 0. The van der Waals surface area contributed by atoms with Crippen LogP contribution in [0.25, 0.3) is 0 Å². The first-order valence-corrected chi connectivity index (χ1v) is 6.21. The average Bonchev–Trinajstić information content (AvgIpc) is 2.80. The quantitative estimate of drug-likeness (QED) is 0.816. The van der Waals surface area contributed by atoms with Crippen LogP contribution in [0.15, 0.2) is 30.7 Å². The van der Waals surface area contributed by atoms with Crippen molar-refractivity contribution in [2.75, 3.05) is 0 Å². The molecule has 1 unspecified atom stereocenters. The highest BCUT2D eigenvalue weighted by atomic mass is 35.5. The summed E-state index contributed by atoms with van der Waals surface area (Å²) in [6.45, 7) is 9.76. The van der Waals surface area contributed by atoms with Gasteiger partial charge in [-0.1, -0.05) is 25.1 Å². The summed E-state index contributed by atoms with van der Waals surface area (Å²) in [6.07, 6.45) is 3.90. The Morgan fingerprint density at radius 1 is 1.28 bits per heavy atom. The number of benzene rings is 1. The zero-order valence-electron chi connectivity index (χ0n) is 11.5. The SMILES string of the molecule is CCn1cncc1C(C)c1cccc(C)c1C.Cl. The van der Waals surface area contributed by atoms with Crippen LogP contribution in [0.3, 0.4) is 0 Å². The number of hydrogen-bond donors (Lipinski definition) is 0. The van der Waals surface area contributed by atoms with Gasteiger partial charge >= 0.3 is 0 Å². The van der Waals surface area contributed by atoms with Crippen molar-refractivity contribution in [1.82, 2.24) is 9.55 Å². The van der Waals surface area contributed by atoms with E-state index in [-0.39, 0.29) is 12.4 Å². The van der Waals surface area contributed by atoms with Gasteiger partial charge in [0.1, 0.15) is 0 Å². The number of imidazole rings is 1. The molecule has 2 aromatic rings. The number of halogens is 1. The van der Waals surface area contributed by atoms with Crippen LogP contribution in [0, 0.1) is 13.8 Å². The topological polar surface area (TPSA) is 17.8 Å². The molecule has 0 fully saturated rings. The summed E-state index contributed by atoms with van der Waals surface area (Å²) in [5.41, 5.74) is 5.45. The molecule has 1 aromatic carbocycles. The van der Waals surface area contributed by atoms with Crippen molar-refractivity contribution in [2.24, 2.45) is 0 Å². The van der Waals surface area contributed by atoms with Crippen LogP contribution in [0.2, 0.25) is 0 Å². The van der Waals surface area contributed by atoms with E-state index in [1.807, 2.05) is 12.5 Å². The molecule has 1 aromatic heterocycles. The summed E-state index contributed by atoms with van der Waals surface area (Å²) < 4.78 is 2.21. The van der Waals surface area contributed by atoms with Gasteiger partial charge in [-0.3, -0.25) is 0 Å². The monoisotopic (exact) mass is 264 g/mol. The normalized spacial score (nSPS) is 12.0. The lowest BCUT2D eigenvalue weighted by molar-refractivity contribution is 0.685. The van der Waals surface area contributed by atoms with Gasteiger partial charge in [0.05, 0.1) is 6.33 Å². The molecule has 0 spiro atoms. The summed E-state index contributed by atoms with van der Waals surface area (Å²) in [4.78, 5) is 4.25. The van der Waals surface area contributed by atoms with E-state index in [1.165, 1.54) is 22.4 Å². The fourth-order valence-electron chi connectivity index (χ4n) is 2.36. The van der Waals surface area contributed by atoms with E-state index in [0.29, 0.717) is 5.92 Å². The van der Waals surface area contributed by atoms with Crippen molar-refractivity contribution in [1.29, 1.82) is 0 Å². The van der Waals surface area contributed by atoms with Gasteiger partial charge in [0.25, 0.3) is 0 Å². The molecular formula is C15H21ClN2. The van der Waals surface area contributed by atoms with Gasteiger partial charge in [0.2, 0.25) is 0 Å². The molecule has 18 heavy (non-hydrogen) atoms. The maximum Gasteiger partial charge on any atom is 0.0948 e. The molecule has 0 aliphatic heterocycles. The van der Waals surface area contributed by atoms with Gasteiger partial charge < -0.3 is 4.57 Å². The molecule has 1 atom stereocenters. The molecule has 0 amide bonds. The second-order valence-electron chi connectivity index (χ2n) is 4.62. The van der Waals surface area contributed by atoms with E-state index in [2.05, 4.69) is 55.4 Å². The number of rotatable bonds is 3. The Kier molecular flexibility index (Phi) is 4.97. The maximum atomic E-state index is 4.25. The van der Waals surface area contributed by atoms with Crippen molar-refractivity contribution >= 4 is 12.4 Å². The molecule has 0 radical (unpaired) electrons. The van der Waals surface area contributed by atoms with Crippen LogP contribution in [0.1, 0.15) is 42.1 Å². The van der Waals surface area contributed by atoms with Gasteiger partial charge in [0, 0.05) is 24.4 Å². The highest BCUT2D eigenvalue weighted by Crippen LogP contribution is 2.27. The highest BCUT2D eigenvalue weighted by molar-refractivity contribution is 5.85. The van der Waals surface area contributed by atoms with Crippen LogP contribution in [-0.2, 0) is 6.54 Å². The molecular weight excluding hydrogens is 244 g/mol. The van der Waals surface area contributed by atoms with Crippen LogP contribution in [0.4, 0.5) is 0 Å². The lowest BCUT2D eigenvalue weighted by Crippen LogP contribution is -2.06. The second kappa shape index (κ2) is 6.05. The van der Waals surface area contributed by atoms with Gasteiger partial charge in [-0.15, -0.1) is 12.4 Å². The molecule has 0 aliphatic rings. The number of aromatic nitrogens is 2. The average molecular weight is 265 g/mol. The molecule has 2 nitrogen and oxygen atoms in total. The fourth-order valence-corrected chi connectivity index (χ4v) is 2.36. The van der Waals surface area contributed by atoms with Crippen LogP contribution >= 0.6 is 12.4 Å². The Morgan fingerprint density at radius 3 is 2.67 bits per heavy atom. The first kappa shape index (κ1) is 14.8. The Labute approximate surface area is 115 Å². The third kappa shape index (κ3) is 2.59. The molecule has 2 rings (SSSR count). The third-order valence-electron chi connectivity index (χ3n) is 3.64. The fraction of sp³-hybridized carbons (Fsp3) is 0.400. The highest BCUT2D eigenvalue weighted by Gasteiger charge is 2.15. The molecule has 0 aliphatic carbocycles. The van der Waals surface area contributed by atoms with E-state index < -0.39 is 0 Å². The van der Waals surface area contributed by atoms with Gasteiger partial charge in [-0.2, -0.15) is 0 Å². The lowest BCUT2D eigenvalue weighted by Gasteiger charge is -2.17. The zero-order chi connectivity index (χ0) is 12.4. The largest absolute Gasteiger partial charge is 0.334 e. The summed E-state index contributed by atoms with van der Waals surface area (Å²) in [7, 11) is 0.